The van der Waals surface area contributed by atoms with Gasteiger partial charge < -0.3 is 9.67 Å². The highest BCUT2D eigenvalue weighted by molar-refractivity contribution is 7.88. The standard InChI is InChI=1S/C25H26N2O3S/c1-31(29,30)26-25(15-14-18-8-2-5-11-22(18)25)16-19(28)17-27-23-12-6-3-9-20(23)21-10-4-7-13-24(21)27/h2-13,19,26,28H,14-17H2,1H3. The number of nitrogens with one attached hydrogen (secondary N) is 1. The van der Waals surface area contributed by atoms with E-state index in [1.165, 1.54) is 6.26 Å². The van der Waals surface area contributed by atoms with Gasteiger partial charge in [0, 0.05) is 28.4 Å². The average molecular weight is 435 g/mol. The molecule has 0 fully saturated rings. The van der Waals surface area contributed by atoms with E-state index in [4.69, 9.17) is 0 Å². The fraction of sp³-hybridized carbons (Fsp3) is 0.280. The van der Waals surface area contributed by atoms with Crippen molar-refractivity contribution in [2.75, 3.05) is 6.26 Å². The Hall–Kier alpha value is -2.67. The van der Waals surface area contributed by atoms with Crippen LogP contribution in [0.15, 0.2) is 72.8 Å². The largest absolute Gasteiger partial charge is 0.391 e. The van der Waals surface area contributed by atoms with E-state index >= 15 is 0 Å². The SMILES string of the molecule is CS(=O)(=O)NC1(CC(O)Cn2c3ccccc3c3ccccc32)CCc2ccccc21. The van der Waals surface area contributed by atoms with Crippen LogP contribution in [0.25, 0.3) is 21.8 Å². The molecule has 2 N–H and O–H groups in total. The normalized spacial score (nSPS) is 19.7. The molecule has 4 aromatic rings. The maximum atomic E-state index is 12.3. The molecule has 160 valence electrons. The van der Waals surface area contributed by atoms with Crippen molar-refractivity contribution in [2.24, 2.45) is 0 Å². The summed E-state index contributed by atoms with van der Waals surface area (Å²) >= 11 is 0. The smallest absolute Gasteiger partial charge is 0.209 e. The Bertz CT molecular complexity index is 1320. The molecule has 1 aliphatic carbocycles. The highest BCUT2D eigenvalue weighted by atomic mass is 32.2. The van der Waals surface area contributed by atoms with Crippen LogP contribution in [-0.4, -0.2) is 30.5 Å². The second-order valence-electron chi connectivity index (χ2n) is 8.62. The van der Waals surface area contributed by atoms with Gasteiger partial charge in [-0.25, -0.2) is 13.1 Å². The van der Waals surface area contributed by atoms with E-state index in [9.17, 15) is 13.5 Å². The van der Waals surface area contributed by atoms with Crippen molar-refractivity contribution in [1.29, 1.82) is 0 Å². The lowest BCUT2D eigenvalue weighted by Gasteiger charge is -2.33. The van der Waals surface area contributed by atoms with Gasteiger partial charge in [-0.05, 0) is 42.5 Å². The van der Waals surface area contributed by atoms with Crippen molar-refractivity contribution in [3.8, 4) is 0 Å². The van der Waals surface area contributed by atoms with Gasteiger partial charge in [-0.15, -0.1) is 0 Å². The van der Waals surface area contributed by atoms with E-state index in [0.29, 0.717) is 19.4 Å². The number of para-hydroxylation sites is 2. The van der Waals surface area contributed by atoms with Crippen LogP contribution in [0.3, 0.4) is 0 Å². The van der Waals surface area contributed by atoms with Crippen molar-refractivity contribution in [3.63, 3.8) is 0 Å². The van der Waals surface area contributed by atoms with E-state index in [2.05, 4.69) is 33.6 Å². The third kappa shape index (κ3) is 3.65. The van der Waals surface area contributed by atoms with Crippen LogP contribution in [0.1, 0.15) is 24.0 Å². The maximum Gasteiger partial charge on any atom is 0.209 e. The monoisotopic (exact) mass is 434 g/mol. The summed E-state index contributed by atoms with van der Waals surface area (Å²) in [6.45, 7) is 0.392. The lowest BCUT2D eigenvalue weighted by Crippen LogP contribution is -2.46. The molecule has 5 nitrogen and oxygen atoms in total. The average Bonchev–Trinajstić information content (AvgIpc) is 3.24. The van der Waals surface area contributed by atoms with E-state index in [1.54, 1.807) is 0 Å². The predicted molar refractivity (Wildman–Crippen MR) is 124 cm³/mol. The second-order valence-corrected chi connectivity index (χ2v) is 10.4. The molecule has 5 rings (SSSR count). The predicted octanol–water partition coefficient (Wildman–Crippen LogP) is 3.94. The Morgan fingerprint density at radius 2 is 1.55 bits per heavy atom. The van der Waals surface area contributed by atoms with Crippen molar-refractivity contribution in [3.05, 3.63) is 83.9 Å². The van der Waals surface area contributed by atoms with Gasteiger partial charge in [-0.2, -0.15) is 0 Å². The van der Waals surface area contributed by atoms with Crippen LogP contribution in [-0.2, 0) is 28.5 Å². The molecule has 31 heavy (non-hydrogen) atoms. The highest BCUT2D eigenvalue weighted by Crippen LogP contribution is 2.41. The number of fused-ring (bicyclic) bond motifs is 4. The first-order valence-electron chi connectivity index (χ1n) is 10.6. The summed E-state index contributed by atoms with van der Waals surface area (Å²) in [5.74, 6) is 0. The van der Waals surface area contributed by atoms with Crippen LogP contribution in [0.5, 0.6) is 0 Å². The first-order chi connectivity index (χ1) is 14.9. The molecule has 6 heteroatoms. The zero-order chi connectivity index (χ0) is 21.6. The molecule has 0 saturated heterocycles. The number of benzene rings is 3. The van der Waals surface area contributed by atoms with Crippen molar-refractivity contribution in [2.45, 2.75) is 37.5 Å². The van der Waals surface area contributed by atoms with Gasteiger partial charge in [-0.1, -0.05) is 60.7 Å². The molecular formula is C25H26N2O3S. The summed E-state index contributed by atoms with van der Waals surface area (Å²) in [5, 5.41) is 13.5. The third-order valence-corrected chi connectivity index (χ3v) is 7.15. The maximum absolute atomic E-state index is 12.3. The second kappa shape index (κ2) is 7.48. The van der Waals surface area contributed by atoms with Gasteiger partial charge in [-0.3, -0.25) is 0 Å². The number of sulfonamides is 1. The summed E-state index contributed by atoms with van der Waals surface area (Å²) in [6, 6.07) is 24.3. The molecule has 0 radical (unpaired) electrons. The summed E-state index contributed by atoms with van der Waals surface area (Å²) in [6.07, 6.45) is 2.22. The summed E-state index contributed by atoms with van der Waals surface area (Å²) in [4.78, 5) is 0. The molecule has 0 amide bonds. The van der Waals surface area contributed by atoms with Crippen molar-refractivity contribution in [1.82, 2.24) is 9.29 Å². The molecule has 2 unspecified atom stereocenters. The zero-order valence-electron chi connectivity index (χ0n) is 17.5. The first kappa shape index (κ1) is 20.2. The topological polar surface area (TPSA) is 71.3 Å². The number of aliphatic hydroxyl groups excluding tert-OH is 1. The Balaban J connectivity index is 1.53. The number of aromatic nitrogens is 1. The Morgan fingerprint density at radius 3 is 2.19 bits per heavy atom. The lowest BCUT2D eigenvalue weighted by molar-refractivity contribution is 0.110. The van der Waals surface area contributed by atoms with E-state index in [1.807, 2.05) is 48.5 Å². The fourth-order valence-corrected chi connectivity index (χ4v) is 6.29. The van der Waals surface area contributed by atoms with E-state index < -0.39 is 21.7 Å². The molecule has 1 aromatic heterocycles. The van der Waals surface area contributed by atoms with Crippen LogP contribution in [0.2, 0.25) is 0 Å². The zero-order valence-corrected chi connectivity index (χ0v) is 18.3. The summed E-state index contributed by atoms with van der Waals surface area (Å²) < 4.78 is 29.5. The molecule has 1 heterocycles. The third-order valence-electron chi connectivity index (χ3n) is 6.39. The summed E-state index contributed by atoms with van der Waals surface area (Å²) in [5.41, 5.74) is 3.46. The molecule has 0 bridgehead atoms. The molecule has 3 aromatic carbocycles. The first-order valence-corrected chi connectivity index (χ1v) is 12.5. The number of aryl methyl sites for hydroxylation is 1. The minimum Gasteiger partial charge on any atom is -0.391 e. The molecule has 0 aliphatic heterocycles. The van der Waals surface area contributed by atoms with Gasteiger partial charge in [0.1, 0.15) is 0 Å². The van der Waals surface area contributed by atoms with Crippen molar-refractivity contribution < 1.29 is 13.5 Å². The van der Waals surface area contributed by atoms with Gasteiger partial charge in [0.15, 0.2) is 0 Å². The van der Waals surface area contributed by atoms with Crippen LogP contribution < -0.4 is 4.72 Å². The minimum atomic E-state index is -3.45. The van der Waals surface area contributed by atoms with Crippen LogP contribution >= 0.6 is 0 Å². The van der Waals surface area contributed by atoms with Crippen LogP contribution in [0.4, 0.5) is 0 Å². The molecule has 0 spiro atoms. The van der Waals surface area contributed by atoms with Gasteiger partial charge in [0.05, 0.1) is 17.9 Å². The molecular weight excluding hydrogens is 408 g/mol. The molecule has 0 saturated carbocycles. The number of aliphatic hydroxyl groups is 1. The van der Waals surface area contributed by atoms with Gasteiger partial charge in [0.25, 0.3) is 0 Å². The molecule has 2 atom stereocenters. The van der Waals surface area contributed by atoms with E-state index in [-0.39, 0.29) is 0 Å². The van der Waals surface area contributed by atoms with Gasteiger partial charge >= 0.3 is 0 Å². The lowest BCUT2D eigenvalue weighted by atomic mass is 9.87. The number of hydrogen-bond donors (Lipinski definition) is 2. The minimum absolute atomic E-state index is 0.317. The quantitative estimate of drug-likeness (QED) is 0.483. The molecule has 1 aliphatic rings. The highest BCUT2D eigenvalue weighted by Gasteiger charge is 2.42. The van der Waals surface area contributed by atoms with Gasteiger partial charge in [0.2, 0.25) is 10.0 Å². The number of nitrogens with zero attached hydrogens (tertiary/aromatic N) is 1. The Labute approximate surface area is 182 Å². The fourth-order valence-electron chi connectivity index (χ4n) is 5.28. The Kier molecular flexibility index (Phi) is 4.88. The van der Waals surface area contributed by atoms with Crippen LogP contribution in [0, 0.1) is 0 Å². The Morgan fingerprint density at radius 1 is 0.968 bits per heavy atom. The summed E-state index contributed by atoms with van der Waals surface area (Å²) in [7, 11) is -3.45. The number of hydrogen-bond acceptors (Lipinski definition) is 3. The van der Waals surface area contributed by atoms with Crippen molar-refractivity contribution >= 4 is 31.8 Å². The number of rotatable bonds is 6. The van der Waals surface area contributed by atoms with E-state index in [0.717, 1.165) is 39.4 Å².